The molecule has 4 nitrogen and oxygen atoms in total. The van der Waals surface area contributed by atoms with Gasteiger partial charge in [-0.05, 0) is 0 Å². The summed E-state index contributed by atoms with van der Waals surface area (Å²) in [5.41, 5.74) is 0. The van der Waals surface area contributed by atoms with Crippen LogP contribution in [-0.2, 0) is 19.0 Å². The summed E-state index contributed by atoms with van der Waals surface area (Å²) in [5.74, 6) is -4.37. The van der Waals surface area contributed by atoms with Crippen LogP contribution in [0.2, 0.25) is 0 Å². The SMILES string of the molecule is COC(C)(OC)OC(=O)C(F)(F)F. The molecule has 0 aliphatic rings. The van der Waals surface area contributed by atoms with Crippen LogP contribution >= 0.6 is 0 Å². The van der Waals surface area contributed by atoms with E-state index in [-0.39, 0.29) is 0 Å². The summed E-state index contributed by atoms with van der Waals surface area (Å²) >= 11 is 0. The quantitative estimate of drug-likeness (QED) is 0.507. The molecule has 0 atom stereocenters. The number of ether oxygens (including phenoxy) is 3. The fourth-order valence-corrected chi connectivity index (χ4v) is 0.393. The number of carbonyl (C=O) groups excluding carboxylic acids is 1. The second kappa shape index (κ2) is 3.93. The number of halogens is 3. The molecule has 0 rings (SSSR count). The van der Waals surface area contributed by atoms with Crippen molar-refractivity contribution in [3.63, 3.8) is 0 Å². The minimum Gasteiger partial charge on any atom is -0.401 e. The molecule has 0 saturated heterocycles. The highest BCUT2D eigenvalue weighted by molar-refractivity contribution is 5.75. The lowest BCUT2D eigenvalue weighted by molar-refractivity contribution is -0.344. The van der Waals surface area contributed by atoms with Crippen LogP contribution in [0, 0.1) is 0 Å². The average molecular weight is 202 g/mol. The second-order valence-electron chi connectivity index (χ2n) is 2.16. The summed E-state index contributed by atoms with van der Waals surface area (Å²) in [7, 11) is 2.10. The number of methoxy groups -OCH3 is 2. The number of hydrogen-bond donors (Lipinski definition) is 0. The van der Waals surface area contributed by atoms with Gasteiger partial charge in [0.2, 0.25) is 0 Å². The lowest BCUT2D eigenvalue weighted by Crippen LogP contribution is -2.40. The van der Waals surface area contributed by atoms with Crippen molar-refractivity contribution in [2.45, 2.75) is 19.1 Å². The van der Waals surface area contributed by atoms with E-state index < -0.39 is 18.1 Å². The van der Waals surface area contributed by atoms with Crippen molar-refractivity contribution >= 4 is 5.97 Å². The van der Waals surface area contributed by atoms with E-state index in [0.717, 1.165) is 21.1 Å². The topological polar surface area (TPSA) is 44.8 Å². The Kier molecular flexibility index (Phi) is 3.68. The second-order valence-corrected chi connectivity index (χ2v) is 2.16. The van der Waals surface area contributed by atoms with Crippen LogP contribution in [0.4, 0.5) is 13.2 Å². The Morgan fingerprint density at radius 1 is 1.15 bits per heavy atom. The summed E-state index contributed by atoms with van der Waals surface area (Å²) in [4.78, 5) is 10.3. The monoisotopic (exact) mass is 202 g/mol. The minimum atomic E-state index is -5.06. The minimum absolute atomic E-state index is 1.04. The summed E-state index contributed by atoms with van der Waals surface area (Å²) in [5, 5.41) is 0. The maximum Gasteiger partial charge on any atom is 0.491 e. The lowest BCUT2D eigenvalue weighted by atomic mass is 10.6. The molecule has 0 aromatic heterocycles. The maximum absolute atomic E-state index is 11.7. The molecule has 0 unspecified atom stereocenters. The van der Waals surface area contributed by atoms with Gasteiger partial charge in [-0.15, -0.1) is 0 Å². The zero-order valence-electron chi connectivity index (χ0n) is 7.27. The smallest absolute Gasteiger partial charge is 0.401 e. The third kappa shape index (κ3) is 3.60. The molecule has 0 fully saturated rings. The van der Waals surface area contributed by atoms with Crippen LogP contribution in [0.5, 0.6) is 0 Å². The Balaban J connectivity index is 4.35. The first kappa shape index (κ1) is 12.2. The van der Waals surface area contributed by atoms with Gasteiger partial charge in [-0.2, -0.15) is 13.2 Å². The van der Waals surface area contributed by atoms with Gasteiger partial charge in [0, 0.05) is 21.1 Å². The third-order valence-electron chi connectivity index (χ3n) is 1.25. The van der Waals surface area contributed by atoms with Crippen molar-refractivity contribution in [1.29, 1.82) is 0 Å². The molecule has 0 aliphatic heterocycles. The van der Waals surface area contributed by atoms with Crippen LogP contribution in [0.1, 0.15) is 6.92 Å². The van der Waals surface area contributed by atoms with Crippen molar-refractivity contribution in [2.75, 3.05) is 14.2 Å². The normalized spacial score (nSPS) is 12.8. The van der Waals surface area contributed by atoms with Gasteiger partial charge in [0.1, 0.15) is 0 Å². The average Bonchev–Trinajstić information content (AvgIpc) is 2.02. The van der Waals surface area contributed by atoms with Crippen LogP contribution in [0.15, 0.2) is 0 Å². The molecular weight excluding hydrogens is 193 g/mol. The van der Waals surface area contributed by atoms with E-state index in [1.54, 1.807) is 0 Å². The predicted octanol–water partition coefficient (Wildman–Crippen LogP) is 1.06. The van der Waals surface area contributed by atoms with Gasteiger partial charge in [0.25, 0.3) is 0 Å². The zero-order valence-corrected chi connectivity index (χ0v) is 7.27. The molecule has 0 N–H and O–H groups in total. The first-order chi connectivity index (χ1) is 5.75. The van der Waals surface area contributed by atoms with Crippen LogP contribution < -0.4 is 0 Å². The first-order valence-corrected chi connectivity index (χ1v) is 3.15. The number of alkyl halides is 3. The standard InChI is InChI=1S/C6H9F3O4/c1-5(11-2,12-3)13-4(10)6(7,8)9/h1-3H3. The summed E-state index contributed by atoms with van der Waals surface area (Å²) in [6.45, 7) is 1.04. The fraction of sp³-hybridized carbons (Fsp3) is 0.833. The number of rotatable bonds is 3. The van der Waals surface area contributed by atoms with E-state index in [1.165, 1.54) is 0 Å². The summed E-state index contributed by atoms with van der Waals surface area (Å²) in [6, 6.07) is 0. The molecule has 7 heteroatoms. The van der Waals surface area contributed by atoms with Crippen LogP contribution in [0.3, 0.4) is 0 Å². The maximum atomic E-state index is 11.7. The Hall–Kier alpha value is -0.820. The van der Waals surface area contributed by atoms with Gasteiger partial charge >= 0.3 is 18.1 Å². The first-order valence-electron chi connectivity index (χ1n) is 3.15. The molecule has 0 aromatic rings. The molecule has 78 valence electrons. The number of esters is 1. The van der Waals surface area contributed by atoms with Crippen molar-refractivity contribution in [2.24, 2.45) is 0 Å². The van der Waals surface area contributed by atoms with E-state index in [9.17, 15) is 18.0 Å². The Morgan fingerprint density at radius 3 is 1.77 bits per heavy atom. The molecule has 0 aromatic carbocycles. The molecule has 0 amide bonds. The van der Waals surface area contributed by atoms with Crippen molar-refractivity contribution in [3.8, 4) is 0 Å². The predicted molar refractivity (Wildman–Crippen MR) is 34.6 cm³/mol. The van der Waals surface area contributed by atoms with Gasteiger partial charge in [0.15, 0.2) is 0 Å². The van der Waals surface area contributed by atoms with Crippen molar-refractivity contribution < 1.29 is 32.2 Å². The Bertz CT molecular complexity index is 185. The summed E-state index contributed by atoms with van der Waals surface area (Å²) < 4.78 is 47.7. The Labute approximate surface area is 72.6 Å². The molecule has 13 heavy (non-hydrogen) atoms. The van der Waals surface area contributed by atoms with E-state index in [4.69, 9.17) is 0 Å². The largest absolute Gasteiger partial charge is 0.491 e. The highest BCUT2D eigenvalue weighted by Crippen LogP contribution is 2.21. The molecule has 0 heterocycles. The molecule has 0 aliphatic carbocycles. The summed E-state index contributed by atoms with van der Waals surface area (Å²) in [6.07, 6.45) is -5.06. The van der Waals surface area contributed by atoms with Gasteiger partial charge in [0.05, 0.1) is 0 Å². The van der Waals surface area contributed by atoms with E-state index in [0.29, 0.717) is 0 Å². The Morgan fingerprint density at radius 2 is 1.54 bits per heavy atom. The van der Waals surface area contributed by atoms with E-state index >= 15 is 0 Å². The lowest BCUT2D eigenvalue weighted by Gasteiger charge is -2.25. The molecule has 0 spiro atoms. The van der Waals surface area contributed by atoms with Gasteiger partial charge < -0.3 is 14.2 Å². The van der Waals surface area contributed by atoms with E-state index in [2.05, 4.69) is 14.2 Å². The van der Waals surface area contributed by atoms with Crippen molar-refractivity contribution in [3.05, 3.63) is 0 Å². The highest BCUT2D eigenvalue weighted by atomic mass is 19.4. The molecule has 0 bridgehead atoms. The van der Waals surface area contributed by atoms with Crippen molar-refractivity contribution in [1.82, 2.24) is 0 Å². The van der Waals surface area contributed by atoms with Gasteiger partial charge in [-0.1, -0.05) is 0 Å². The highest BCUT2D eigenvalue weighted by Gasteiger charge is 2.45. The van der Waals surface area contributed by atoms with Crippen LogP contribution in [0.25, 0.3) is 0 Å². The molecule has 0 radical (unpaired) electrons. The number of hydrogen-bond acceptors (Lipinski definition) is 4. The van der Waals surface area contributed by atoms with Crippen LogP contribution in [-0.4, -0.2) is 32.3 Å². The van der Waals surface area contributed by atoms with Gasteiger partial charge in [-0.3, -0.25) is 0 Å². The zero-order chi connectivity index (χ0) is 10.7. The fourth-order valence-electron chi connectivity index (χ4n) is 0.393. The third-order valence-corrected chi connectivity index (χ3v) is 1.25. The van der Waals surface area contributed by atoms with Gasteiger partial charge in [-0.25, -0.2) is 4.79 Å². The molecular formula is C6H9F3O4. The van der Waals surface area contributed by atoms with E-state index in [1.807, 2.05) is 0 Å². The number of carbonyl (C=O) groups is 1. The molecule has 0 saturated carbocycles.